The second-order valence-corrected chi connectivity index (χ2v) is 6.59. The van der Waals surface area contributed by atoms with Gasteiger partial charge in [0, 0.05) is 31.7 Å². The van der Waals surface area contributed by atoms with Crippen molar-refractivity contribution in [1.82, 2.24) is 9.88 Å². The summed E-state index contributed by atoms with van der Waals surface area (Å²) in [6.45, 7) is 7.50. The lowest BCUT2D eigenvalue weighted by molar-refractivity contribution is -0.155. The van der Waals surface area contributed by atoms with Gasteiger partial charge in [-0.1, -0.05) is 11.6 Å². The Bertz CT molecular complexity index is 543. The van der Waals surface area contributed by atoms with Gasteiger partial charge in [0.2, 0.25) is 0 Å². The van der Waals surface area contributed by atoms with E-state index in [0.717, 1.165) is 17.8 Å². The Morgan fingerprint density at radius 3 is 2.90 bits per heavy atom. The predicted octanol–water partition coefficient (Wildman–Crippen LogP) is 2.96. The third-order valence-electron chi connectivity index (χ3n) is 3.21. The maximum atomic E-state index is 13.4. The third-order valence-corrected chi connectivity index (χ3v) is 3.48. The average Bonchev–Trinajstić information content (AvgIpc) is 2.36. The van der Waals surface area contributed by atoms with Crippen LogP contribution in [0.4, 0.5) is 4.39 Å². The molecule has 2 rings (SSSR count). The number of hydrogen-bond acceptors (Lipinski definition) is 4. The van der Waals surface area contributed by atoms with Crippen LogP contribution in [0.1, 0.15) is 38.4 Å². The first-order chi connectivity index (χ1) is 9.74. The van der Waals surface area contributed by atoms with E-state index in [9.17, 15) is 9.18 Å². The predicted molar refractivity (Wildman–Crippen MR) is 78.6 cm³/mol. The normalized spacial score (nSPS) is 15.7. The molecule has 0 N–H and O–H groups in total. The van der Waals surface area contributed by atoms with E-state index >= 15 is 0 Å². The molecule has 0 bridgehead atoms. The van der Waals surface area contributed by atoms with Crippen LogP contribution in [0.5, 0.6) is 0 Å². The number of nitrogens with zero attached hydrogens (tertiary/aromatic N) is 2. The largest absolute Gasteiger partial charge is 0.460 e. The summed E-state index contributed by atoms with van der Waals surface area (Å²) in [5.74, 6) is -0.710. The summed E-state index contributed by atoms with van der Waals surface area (Å²) in [7, 11) is 0. The van der Waals surface area contributed by atoms with Crippen LogP contribution in [-0.2, 0) is 22.5 Å². The number of esters is 1. The topological polar surface area (TPSA) is 42.4 Å². The number of aromatic nitrogens is 1. The molecule has 4 nitrogen and oxygen atoms in total. The van der Waals surface area contributed by atoms with Gasteiger partial charge in [0.25, 0.3) is 0 Å². The van der Waals surface area contributed by atoms with Gasteiger partial charge in [-0.05, 0) is 32.4 Å². The minimum atomic E-state index is -0.496. The maximum absolute atomic E-state index is 13.4. The van der Waals surface area contributed by atoms with Crippen LogP contribution in [0.25, 0.3) is 0 Å². The van der Waals surface area contributed by atoms with E-state index in [1.807, 2.05) is 20.8 Å². The number of carbonyl (C=O) groups excluding carboxylic acids is 1. The molecule has 6 heteroatoms. The second-order valence-electron chi connectivity index (χ2n) is 6.23. The molecule has 0 spiro atoms. The van der Waals surface area contributed by atoms with Gasteiger partial charge < -0.3 is 4.74 Å². The number of ether oxygens (including phenoxy) is 1. The summed E-state index contributed by atoms with van der Waals surface area (Å²) in [5.41, 5.74) is 1.22. The minimum Gasteiger partial charge on any atom is -0.460 e. The highest BCUT2D eigenvalue weighted by Crippen LogP contribution is 2.22. The summed E-state index contributed by atoms with van der Waals surface area (Å²) in [5, 5.41) is -0.0732. The van der Waals surface area contributed by atoms with E-state index < -0.39 is 11.4 Å². The van der Waals surface area contributed by atoms with Crippen molar-refractivity contribution in [2.75, 3.05) is 13.1 Å². The monoisotopic (exact) mass is 314 g/mol. The minimum absolute atomic E-state index is 0.0732. The van der Waals surface area contributed by atoms with Crippen LogP contribution in [-0.4, -0.2) is 34.5 Å². The van der Waals surface area contributed by atoms with E-state index in [1.165, 1.54) is 6.07 Å². The first-order valence-electron chi connectivity index (χ1n) is 7.02. The van der Waals surface area contributed by atoms with Crippen molar-refractivity contribution in [3.8, 4) is 0 Å². The van der Waals surface area contributed by atoms with Gasteiger partial charge in [-0.3, -0.25) is 9.69 Å². The van der Waals surface area contributed by atoms with Crippen molar-refractivity contribution in [2.45, 2.75) is 45.8 Å². The van der Waals surface area contributed by atoms with Gasteiger partial charge in [-0.15, -0.1) is 0 Å². The van der Waals surface area contributed by atoms with Crippen molar-refractivity contribution in [2.24, 2.45) is 0 Å². The molecule has 21 heavy (non-hydrogen) atoms. The first-order valence-corrected chi connectivity index (χ1v) is 7.40. The molecule has 0 unspecified atom stereocenters. The highest BCUT2D eigenvalue weighted by molar-refractivity contribution is 6.29. The Morgan fingerprint density at radius 2 is 2.24 bits per heavy atom. The lowest BCUT2D eigenvalue weighted by Crippen LogP contribution is -2.34. The van der Waals surface area contributed by atoms with Crippen molar-refractivity contribution in [1.29, 1.82) is 0 Å². The number of hydrogen-bond donors (Lipinski definition) is 0. The Morgan fingerprint density at radius 1 is 1.52 bits per heavy atom. The van der Waals surface area contributed by atoms with Gasteiger partial charge in [-0.25, -0.2) is 9.37 Å². The van der Waals surface area contributed by atoms with Gasteiger partial charge in [0.1, 0.15) is 5.60 Å². The van der Waals surface area contributed by atoms with Crippen LogP contribution in [0.15, 0.2) is 6.07 Å². The van der Waals surface area contributed by atoms with Gasteiger partial charge >= 0.3 is 5.97 Å². The number of fused-ring (bicyclic) bond motifs is 1. The number of pyridine rings is 1. The summed E-state index contributed by atoms with van der Waals surface area (Å²) in [6.07, 6.45) is 1.04. The standard InChI is InChI=1S/C15H20ClFN2O2/c1-15(2,3)21-13(20)5-7-19-6-4-12-10(9-19)8-11(17)14(16)18-12/h8H,4-7,9H2,1-3H3. The van der Waals surface area contributed by atoms with E-state index in [2.05, 4.69) is 9.88 Å². The molecule has 0 amide bonds. The molecule has 0 atom stereocenters. The Balaban J connectivity index is 1.90. The summed E-state index contributed by atoms with van der Waals surface area (Å²) >= 11 is 5.69. The molecule has 2 heterocycles. The van der Waals surface area contributed by atoms with E-state index in [-0.39, 0.29) is 11.1 Å². The van der Waals surface area contributed by atoms with Crippen molar-refractivity contribution < 1.29 is 13.9 Å². The van der Waals surface area contributed by atoms with Crippen LogP contribution in [0.3, 0.4) is 0 Å². The highest BCUT2D eigenvalue weighted by Gasteiger charge is 2.21. The zero-order valence-electron chi connectivity index (χ0n) is 12.6. The number of rotatable bonds is 3. The smallest absolute Gasteiger partial charge is 0.307 e. The van der Waals surface area contributed by atoms with E-state index in [0.29, 0.717) is 25.9 Å². The van der Waals surface area contributed by atoms with Crippen LogP contribution in [0, 0.1) is 5.82 Å². The molecular weight excluding hydrogens is 295 g/mol. The van der Waals surface area contributed by atoms with E-state index in [1.54, 1.807) is 0 Å². The second kappa shape index (κ2) is 6.28. The molecular formula is C15H20ClFN2O2. The Hall–Kier alpha value is -1.20. The lowest BCUT2D eigenvalue weighted by Gasteiger charge is -2.28. The molecule has 0 radical (unpaired) electrons. The molecule has 116 valence electrons. The zero-order chi connectivity index (χ0) is 15.6. The fourth-order valence-electron chi connectivity index (χ4n) is 2.31. The third kappa shape index (κ3) is 4.64. The Labute approximate surface area is 129 Å². The number of carbonyl (C=O) groups is 1. The van der Waals surface area contributed by atoms with Crippen LogP contribution >= 0.6 is 11.6 Å². The zero-order valence-corrected chi connectivity index (χ0v) is 13.3. The van der Waals surface area contributed by atoms with Crippen LogP contribution in [0.2, 0.25) is 5.15 Å². The fraction of sp³-hybridized carbons (Fsp3) is 0.600. The maximum Gasteiger partial charge on any atom is 0.307 e. The molecule has 0 aromatic carbocycles. The highest BCUT2D eigenvalue weighted by atomic mass is 35.5. The fourth-order valence-corrected chi connectivity index (χ4v) is 2.47. The SMILES string of the molecule is CC(C)(C)OC(=O)CCN1CCc2nc(Cl)c(F)cc2C1. The number of halogens is 2. The Kier molecular flexibility index (Phi) is 4.84. The van der Waals surface area contributed by atoms with Gasteiger partial charge in [-0.2, -0.15) is 0 Å². The molecule has 0 fully saturated rings. The molecule has 1 aliphatic heterocycles. The summed E-state index contributed by atoms with van der Waals surface area (Å²) in [4.78, 5) is 17.9. The van der Waals surface area contributed by atoms with Crippen molar-refractivity contribution in [3.63, 3.8) is 0 Å². The molecule has 0 saturated heterocycles. The lowest BCUT2D eigenvalue weighted by atomic mass is 10.1. The molecule has 1 aromatic rings. The molecule has 1 aliphatic rings. The summed E-state index contributed by atoms with van der Waals surface area (Å²) in [6, 6.07) is 1.43. The van der Waals surface area contributed by atoms with E-state index in [4.69, 9.17) is 16.3 Å². The molecule has 0 saturated carbocycles. The van der Waals surface area contributed by atoms with Crippen molar-refractivity contribution in [3.05, 3.63) is 28.3 Å². The van der Waals surface area contributed by atoms with Crippen LogP contribution < -0.4 is 0 Å². The molecule has 1 aromatic heterocycles. The van der Waals surface area contributed by atoms with Gasteiger partial charge in [0.15, 0.2) is 11.0 Å². The molecule has 0 aliphatic carbocycles. The first kappa shape index (κ1) is 16.2. The average molecular weight is 315 g/mol. The van der Waals surface area contributed by atoms with Gasteiger partial charge in [0.05, 0.1) is 6.42 Å². The van der Waals surface area contributed by atoms with Crippen molar-refractivity contribution >= 4 is 17.6 Å². The quantitative estimate of drug-likeness (QED) is 0.635. The summed E-state index contributed by atoms with van der Waals surface area (Å²) < 4.78 is 18.7.